The van der Waals surface area contributed by atoms with Gasteiger partial charge in [0.1, 0.15) is 37.6 Å². The Kier molecular flexibility index (Phi) is 32.6. The van der Waals surface area contributed by atoms with Crippen molar-refractivity contribution >= 4 is 132 Å². The average Bonchev–Trinajstić information content (AvgIpc) is 1.58. The average molecular weight is 1620 g/mol. The van der Waals surface area contributed by atoms with Gasteiger partial charge in [-0.2, -0.15) is 0 Å². The molecule has 0 radical (unpaired) electrons. The molecular weight excluding hydrogens is 1510 g/mol. The van der Waals surface area contributed by atoms with E-state index < -0.39 is 30.0 Å². The van der Waals surface area contributed by atoms with E-state index in [0.717, 1.165) is 96.3 Å². The second-order valence-corrected chi connectivity index (χ2v) is 37.1. The summed E-state index contributed by atoms with van der Waals surface area (Å²) in [7, 11) is 9.41. The highest BCUT2D eigenvalue weighted by Crippen LogP contribution is 2.40. The number of anilines is 3. The highest BCUT2D eigenvalue weighted by atomic mass is 79.9. The lowest BCUT2D eigenvalue weighted by atomic mass is 9.88. The molecule has 584 valence electrons. The number of carboxylic acids is 1. The summed E-state index contributed by atoms with van der Waals surface area (Å²) in [5, 5.41) is 13.2. The molecule has 3 aliphatic heterocycles. The van der Waals surface area contributed by atoms with E-state index in [4.69, 9.17) is 9.47 Å². The van der Waals surface area contributed by atoms with Crippen LogP contribution in [0.2, 0.25) is 0 Å². The topological polar surface area (TPSA) is 230 Å². The summed E-state index contributed by atoms with van der Waals surface area (Å²) < 4.78 is 15.4. The van der Waals surface area contributed by atoms with Crippen molar-refractivity contribution in [1.82, 2.24) is 14.7 Å². The minimum absolute atomic E-state index is 0.0398. The van der Waals surface area contributed by atoms with Crippen LogP contribution in [0.3, 0.4) is 0 Å². The Labute approximate surface area is 664 Å². The van der Waals surface area contributed by atoms with E-state index in [0.29, 0.717) is 86.6 Å². The first-order chi connectivity index (χ1) is 50.5. The van der Waals surface area contributed by atoms with Crippen LogP contribution in [0.4, 0.5) is 17.1 Å². The number of hydrogen-bond acceptors (Lipinski definition) is 17. The summed E-state index contributed by atoms with van der Waals surface area (Å²) in [5.41, 5.74) is 3.31. The van der Waals surface area contributed by atoms with E-state index in [-0.39, 0.29) is 79.9 Å². The number of thiophene rings is 4. The highest BCUT2D eigenvalue weighted by Gasteiger charge is 2.42. The quantitative estimate of drug-likeness (QED) is 0.0582. The molecule has 4 aromatic rings. The minimum atomic E-state index is -1.11. The number of amides is 5. The molecule has 7 heterocycles. The molecule has 4 aromatic heterocycles. The number of allylic oxidation sites excluding steroid dienone is 4. The molecular formula is C84H109BrN6O13S4. The maximum absolute atomic E-state index is 14.0. The number of rotatable bonds is 12. The van der Waals surface area contributed by atoms with Gasteiger partial charge in [-0.05, 0) is 233 Å². The summed E-state index contributed by atoms with van der Waals surface area (Å²) in [6, 6.07) is 5.49. The number of carbonyl (C=O) groups excluding carboxylic acids is 8. The van der Waals surface area contributed by atoms with Crippen molar-refractivity contribution in [2.45, 2.75) is 211 Å². The van der Waals surface area contributed by atoms with Crippen molar-refractivity contribution in [2.24, 2.45) is 33.5 Å². The summed E-state index contributed by atoms with van der Waals surface area (Å²) in [5.74, 6) is 21.8. The monoisotopic (exact) mass is 1620 g/mol. The molecule has 2 aliphatic carbocycles. The van der Waals surface area contributed by atoms with Gasteiger partial charge < -0.3 is 39.3 Å². The third-order valence-electron chi connectivity index (χ3n) is 18.0. The van der Waals surface area contributed by atoms with Gasteiger partial charge in [-0.25, -0.2) is 19.2 Å². The van der Waals surface area contributed by atoms with Crippen LogP contribution in [-0.2, 0) is 38.2 Å². The molecule has 3 fully saturated rings. The number of aromatic carboxylic acids is 1. The predicted octanol–water partition coefficient (Wildman–Crippen LogP) is 17.0. The first kappa shape index (κ1) is 88.9. The number of carboxylic acid groups (broad SMARTS) is 1. The molecule has 5 atom stereocenters. The van der Waals surface area contributed by atoms with Crippen molar-refractivity contribution < 1.29 is 62.5 Å². The number of likely N-dealkylation sites (N-methyl/N-ethyl adjacent to an activating group) is 3. The molecule has 0 unspecified atom stereocenters. The fourth-order valence-electron chi connectivity index (χ4n) is 12.1. The highest BCUT2D eigenvalue weighted by molar-refractivity contribution is 9.10. The summed E-state index contributed by atoms with van der Waals surface area (Å²) >= 11 is 8.24. The van der Waals surface area contributed by atoms with Crippen LogP contribution < -0.4 is 15.1 Å². The predicted molar refractivity (Wildman–Crippen MR) is 438 cm³/mol. The lowest BCUT2D eigenvalue weighted by Gasteiger charge is -2.35. The van der Waals surface area contributed by atoms with Crippen molar-refractivity contribution in [1.29, 1.82) is 0 Å². The van der Waals surface area contributed by atoms with Crippen LogP contribution in [-0.4, -0.2) is 153 Å². The maximum atomic E-state index is 14.0. The van der Waals surface area contributed by atoms with E-state index in [2.05, 4.69) is 99.3 Å². The smallest absolute Gasteiger partial charge is 0.350 e. The Morgan fingerprint density at radius 3 is 1.21 bits per heavy atom. The molecule has 5 amide bonds. The molecule has 0 saturated carbocycles. The van der Waals surface area contributed by atoms with E-state index in [1.165, 1.54) is 71.4 Å². The van der Waals surface area contributed by atoms with E-state index in [1.807, 2.05) is 102 Å². The Balaban J connectivity index is 0.000000233. The number of halogens is 1. The van der Waals surface area contributed by atoms with Gasteiger partial charge in [0.2, 0.25) is 29.5 Å². The molecule has 19 nitrogen and oxygen atoms in total. The number of nitrogens with one attached hydrogen (secondary N) is 1. The van der Waals surface area contributed by atoms with E-state index >= 15 is 0 Å². The lowest BCUT2D eigenvalue weighted by molar-refractivity contribution is -0.134. The van der Waals surface area contributed by atoms with Crippen LogP contribution in [0.1, 0.15) is 251 Å². The van der Waals surface area contributed by atoms with Crippen LogP contribution in [0.25, 0.3) is 0 Å². The minimum Gasteiger partial charge on any atom is -0.477 e. The van der Waals surface area contributed by atoms with E-state index in [9.17, 15) is 48.3 Å². The molecule has 0 aromatic carbocycles. The van der Waals surface area contributed by atoms with Crippen LogP contribution in [0.5, 0.6) is 0 Å². The fourth-order valence-corrected chi connectivity index (χ4v) is 16.4. The zero-order valence-electron chi connectivity index (χ0n) is 66.7. The molecule has 0 spiro atoms. The first-order valence-electron chi connectivity index (χ1n) is 36.8. The SMILES string of the molecule is CC1=CC[C@@H](C(=O)N(c2cc(C#CC(C)(C)C)sc2C(=O)O)[C@H]2CCCCN(C)C2=O)CC1.COC(=O)c1sc(C#CC(C)(C)C)cc1Br.COC(=O)c1sc(C#CC(C)(C)C)cc1N(C(=O)[C@@H]1CC=C(C)CC1)[C@H]1CCCCN(C)C1=O.COC(=O)c1sc(C#CC(C)(C)C)cc1N[C@H]1CCCCN(C)C1=O. The van der Waals surface area contributed by atoms with Gasteiger partial charge in [-0.3, -0.25) is 33.8 Å². The van der Waals surface area contributed by atoms with Crippen LogP contribution in [0.15, 0.2) is 52.0 Å². The van der Waals surface area contributed by atoms with E-state index in [1.54, 1.807) is 45.8 Å². The summed E-state index contributed by atoms with van der Waals surface area (Å²) in [6.07, 6.45) is 15.8. The van der Waals surface area contributed by atoms with Crippen LogP contribution >= 0.6 is 61.3 Å². The molecule has 0 bridgehead atoms. The maximum Gasteiger partial charge on any atom is 0.350 e. The van der Waals surface area contributed by atoms with Gasteiger partial charge in [0.05, 0.1) is 57.9 Å². The van der Waals surface area contributed by atoms with Crippen molar-refractivity contribution in [3.8, 4) is 47.4 Å². The number of carbonyl (C=O) groups is 9. The Bertz CT molecular complexity index is 4290. The third kappa shape index (κ3) is 26.4. The zero-order chi connectivity index (χ0) is 80.3. The number of hydrogen-bond donors (Lipinski definition) is 2. The Hall–Kier alpha value is -7.97. The largest absolute Gasteiger partial charge is 0.477 e. The standard InChI is InChI=1S/C27H36N2O4S.C26H34N2O4S.C19H26N2O3S.C12H13BrO2S/c1-18-10-12-19(13-11-18)24(30)29(21-9-7-8-16-28(5)25(21)31)22-17-20(14-15-27(2,3)4)34-23(22)26(32)33-6;1-17-9-11-18(12-10-17)23(29)28(20-8-6-7-15-27(5)24(20)30)21-16-19(13-14-26(2,3)4)33-22(21)25(31)32;1-19(2,3)10-9-13-12-15(16(25-13)18(23)24-5)20-14-8-6-7-11-21(4)17(14)22;1-12(2,3)6-5-8-7-9(13)10(16-8)11(14)15-4/h10,17,19,21H,7-9,11-13,16H2,1-6H3;9,16,18,20H,6-8,10-12,15H2,1-5H3,(H,31,32);12,14,20H,6-8,11H2,1-5H3;7H,1-4H3/t19-,21+;18-,20+;14-;/m110./s1. The summed E-state index contributed by atoms with van der Waals surface area (Å²) in [4.78, 5) is 128. The van der Waals surface area contributed by atoms with Crippen molar-refractivity contribution in [3.05, 3.63) is 91.1 Å². The van der Waals surface area contributed by atoms with Gasteiger partial charge in [-0.1, -0.05) is 70.7 Å². The molecule has 108 heavy (non-hydrogen) atoms. The number of nitrogens with zero attached hydrogens (tertiary/aromatic N) is 5. The number of ether oxygens (including phenoxy) is 3. The van der Waals surface area contributed by atoms with Gasteiger partial charge >= 0.3 is 23.9 Å². The van der Waals surface area contributed by atoms with Gasteiger partial charge in [0.15, 0.2) is 0 Å². The normalized spacial score (nSPS) is 19.0. The molecule has 24 heteroatoms. The van der Waals surface area contributed by atoms with Gasteiger partial charge in [0, 0.05) is 78.7 Å². The fraction of sp³-hybridized carbons (Fsp3) is 0.560. The van der Waals surface area contributed by atoms with Crippen molar-refractivity contribution in [3.63, 3.8) is 0 Å². The third-order valence-corrected chi connectivity index (χ3v) is 23.0. The Morgan fingerprint density at radius 1 is 0.481 bits per heavy atom. The van der Waals surface area contributed by atoms with Crippen LogP contribution in [0, 0.1) is 80.9 Å². The van der Waals surface area contributed by atoms with Gasteiger partial charge in [0.25, 0.3) is 0 Å². The molecule has 3 saturated heterocycles. The zero-order valence-corrected chi connectivity index (χ0v) is 71.5. The second kappa shape index (κ2) is 39.6. The second-order valence-electron chi connectivity index (χ2n) is 32.0. The van der Waals surface area contributed by atoms with Crippen molar-refractivity contribution in [2.75, 3.05) is 77.2 Å². The number of esters is 3. The number of methoxy groups -OCH3 is 3. The lowest BCUT2D eigenvalue weighted by Crippen LogP contribution is -2.51. The van der Waals surface area contributed by atoms with Gasteiger partial charge in [-0.15, -0.1) is 45.3 Å². The molecule has 2 N–H and O–H groups in total. The first-order valence-corrected chi connectivity index (χ1v) is 40.9. The molecule has 5 aliphatic rings. The summed E-state index contributed by atoms with van der Waals surface area (Å²) in [6.45, 7) is 30.5. The molecule has 9 rings (SSSR count). The Morgan fingerprint density at radius 2 is 0.824 bits per heavy atom. The number of likely N-dealkylation sites (tertiary alicyclic amines) is 3.